The number of aromatic nitrogens is 1. The average molecular weight is 329 g/mol. The molecule has 0 bridgehead atoms. The predicted octanol–water partition coefficient (Wildman–Crippen LogP) is 6.55. The van der Waals surface area contributed by atoms with E-state index >= 15 is 0 Å². The molecule has 0 saturated heterocycles. The van der Waals surface area contributed by atoms with Crippen molar-refractivity contribution in [3.63, 3.8) is 0 Å². The number of nitrogens with zero attached hydrogens (tertiary/aromatic N) is 1. The molecule has 0 atom stereocenters. The Kier molecular flexibility index (Phi) is 6.30. The van der Waals surface area contributed by atoms with Gasteiger partial charge in [-0.25, -0.2) is 4.98 Å². The van der Waals surface area contributed by atoms with Crippen LogP contribution in [0.3, 0.4) is 0 Å². The van der Waals surface area contributed by atoms with Crippen molar-refractivity contribution in [1.29, 1.82) is 0 Å². The van der Waals surface area contributed by atoms with Crippen molar-refractivity contribution in [1.82, 2.24) is 4.98 Å². The SMILES string of the molecule is C=C/C=C(\C=C)c1nc(-c2ccc(C)cc2)oc1C(/C=C\C)=C/C=C. The summed E-state index contributed by atoms with van der Waals surface area (Å²) in [6.07, 6.45) is 12.9. The van der Waals surface area contributed by atoms with E-state index in [0.717, 1.165) is 22.4 Å². The van der Waals surface area contributed by atoms with Crippen molar-refractivity contribution in [2.75, 3.05) is 0 Å². The van der Waals surface area contributed by atoms with Crippen LogP contribution in [0.25, 0.3) is 22.6 Å². The summed E-state index contributed by atoms with van der Waals surface area (Å²) in [5.74, 6) is 1.25. The Morgan fingerprint density at radius 1 is 1.00 bits per heavy atom. The van der Waals surface area contributed by atoms with Gasteiger partial charge in [-0.1, -0.05) is 80.0 Å². The van der Waals surface area contributed by atoms with Crippen LogP contribution < -0.4 is 0 Å². The van der Waals surface area contributed by atoms with Gasteiger partial charge in [0.2, 0.25) is 5.89 Å². The van der Waals surface area contributed by atoms with Gasteiger partial charge in [0.15, 0.2) is 5.76 Å². The monoisotopic (exact) mass is 329 g/mol. The lowest BCUT2D eigenvalue weighted by Crippen LogP contribution is -1.88. The second kappa shape index (κ2) is 8.65. The third kappa shape index (κ3) is 4.24. The van der Waals surface area contributed by atoms with Crippen LogP contribution in [0.2, 0.25) is 0 Å². The van der Waals surface area contributed by atoms with Gasteiger partial charge in [0, 0.05) is 16.7 Å². The summed E-state index contributed by atoms with van der Waals surface area (Å²) in [6, 6.07) is 8.09. The first-order valence-electron chi connectivity index (χ1n) is 8.13. The minimum atomic E-state index is 0.571. The van der Waals surface area contributed by atoms with Crippen molar-refractivity contribution >= 4 is 11.1 Å². The van der Waals surface area contributed by atoms with Crippen LogP contribution in [0.15, 0.2) is 91.0 Å². The van der Waals surface area contributed by atoms with Gasteiger partial charge in [0.05, 0.1) is 0 Å². The Morgan fingerprint density at radius 2 is 1.64 bits per heavy atom. The lowest BCUT2D eigenvalue weighted by Gasteiger charge is -2.02. The summed E-state index contributed by atoms with van der Waals surface area (Å²) in [7, 11) is 0. The zero-order valence-corrected chi connectivity index (χ0v) is 14.8. The molecule has 0 radical (unpaired) electrons. The molecule has 1 aromatic carbocycles. The van der Waals surface area contributed by atoms with Crippen LogP contribution in [-0.2, 0) is 0 Å². The fourth-order valence-electron chi connectivity index (χ4n) is 2.42. The number of rotatable bonds is 7. The highest BCUT2D eigenvalue weighted by Crippen LogP contribution is 2.32. The summed E-state index contributed by atoms with van der Waals surface area (Å²) < 4.78 is 6.14. The van der Waals surface area contributed by atoms with Crippen LogP contribution in [0.5, 0.6) is 0 Å². The first-order valence-corrected chi connectivity index (χ1v) is 8.13. The number of aryl methyl sites for hydroxylation is 1. The summed E-state index contributed by atoms with van der Waals surface area (Å²) in [5.41, 5.74) is 4.60. The Morgan fingerprint density at radius 3 is 2.20 bits per heavy atom. The zero-order valence-electron chi connectivity index (χ0n) is 14.8. The van der Waals surface area contributed by atoms with Crippen LogP contribution in [0.1, 0.15) is 23.9 Å². The standard InChI is InChI=1S/C23H23NO/c1-6-10-18(9-4)21-22(19(11-7-2)12-8-3)25-23(24-21)20-15-13-17(5)14-16-20/h6-16H,1-2,4H2,3,5H3/b12-8-,18-10+,19-11+. The van der Waals surface area contributed by atoms with E-state index in [4.69, 9.17) is 9.40 Å². The molecular weight excluding hydrogens is 306 g/mol. The fraction of sp³-hybridized carbons (Fsp3) is 0.0870. The topological polar surface area (TPSA) is 26.0 Å². The van der Waals surface area contributed by atoms with Crippen LogP contribution >= 0.6 is 0 Å². The Hall–Kier alpha value is -3.13. The van der Waals surface area contributed by atoms with Crippen LogP contribution in [0, 0.1) is 6.92 Å². The Labute approximate surface area is 149 Å². The van der Waals surface area contributed by atoms with E-state index in [1.807, 2.05) is 55.5 Å². The average Bonchev–Trinajstić information content (AvgIpc) is 3.05. The van der Waals surface area contributed by atoms with Gasteiger partial charge in [-0.3, -0.25) is 0 Å². The molecule has 2 nitrogen and oxygen atoms in total. The maximum Gasteiger partial charge on any atom is 0.227 e. The molecule has 0 amide bonds. The summed E-state index contributed by atoms with van der Waals surface area (Å²) >= 11 is 0. The minimum Gasteiger partial charge on any atom is -0.435 e. The van der Waals surface area contributed by atoms with E-state index in [9.17, 15) is 0 Å². The Balaban J connectivity index is 2.70. The molecule has 0 unspecified atom stereocenters. The summed E-state index contributed by atoms with van der Waals surface area (Å²) in [4.78, 5) is 4.72. The molecule has 1 heterocycles. The fourth-order valence-corrected chi connectivity index (χ4v) is 2.42. The number of oxazole rings is 1. The highest BCUT2D eigenvalue weighted by atomic mass is 16.4. The molecule has 0 aliphatic heterocycles. The molecule has 25 heavy (non-hydrogen) atoms. The molecule has 0 N–H and O–H groups in total. The van der Waals surface area contributed by atoms with E-state index in [1.165, 1.54) is 5.56 Å². The molecule has 0 aliphatic carbocycles. The first-order chi connectivity index (χ1) is 12.1. The van der Waals surface area contributed by atoms with E-state index < -0.39 is 0 Å². The lowest BCUT2D eigenvalue weighted by atomic mass is 10.0. The summed E-state index contributed by atoms with van der Waals surface area (Å²) in [6.45, 7) is 15.5. The molecule has 2 heteroatoms. The number of hydrogen-bond donors (Lipinski definition) is 0. The van der Waals surface area contributed by atoms with Crippen molar-refractivity contribution < 1.29 is 4.42 Å². The number of hydrogen-bond acceptors (Lipinski definition) is 2. The first kappa shape index (κ1) is 18.2. The van der Waals surface area contributed by atoms with Gasteiger partial charge >= 0.3 is 0 Å². The zero-order chi connectivity index (χ0) is 18.2. The van der Waals surface area contributed by atoms with Gasteiger partial charge in [-0.05, 0) is 26.0 Å². The molecule has 0 fully saturated rings. The molecule has 0 aliphatic rings. The molecule has 2 aromatic rings. The highest BCUT2D eigenvalue weighted by Gasteiger charge is 2.18. The van der Waals surface area contributed by atoms with Gasteiger partial charge in [0.1, 0.15) is 5.69 Å². The molecular formula is C23H23NO. The molecule has 126 valence electrons. The normalized spacial score (nSPS) is 12.4. The quantitative estimate of drug-likeness (QED) is 0.538. The van der Waals surface area contributed by atoms with E-state index in [0.29, 0.717) is 11.7 Å². The van der Waals surface area contributed by atoms with Crippen molar-refractivity contribution in [3.05, 3.63) is 104 Å². The van der Waals surface area contributed by atoms with Gasteiger partial charge in [-0.15, -0.1) is 0 Å². The highest BCUT2D eigenvalue weighted by molar-refractivity contribution is 5.84. The van der Waals surface area contributed by atoms with Crippen molar-refractivity contribution in [2.45, 2.75) is 13.8 Å². The second-order valence-electron chi connectivity index (χ2n) is 5.48. The smallest absolute Gasteiger partial charge is 0.227 e. The van der Waals surface area contributed by atoms with Crippen LogP contribution in [0.4, 0.5) is 0 Å². The second-order valence-corrected chi connectivity index (χ2v) is 5.48. The van der Waals surface area contributed by atoms with E-state index in [1.54, 1.807) is 18.2 Å². The van der Waals surface area contributed by atoms with E-state index in [-0.39, 0.29) is 0 Å². The predicted molar refractivity (Wildman–Crippen MR) is 108 cm³/mol. The molecule has 1 aromatic heterocycles. The van der Waals surface area contributed by atoms with Crippen LogP contribution in [-0.4, -0.2) is 4.98 Å². The molecule has 0 spiro atoms. The minimum absolute atomic E-state index is 0.571. The lowest BCUT2D eigenvalue weighted by molar-refractivity contribution is 0.561. The van der Waals surface area contributed by atoms with Gasteiger partial charge in [0.25, 0.3) is 0 Å². The third-order valence-electron chi connectivity index (χ3n) is 3.62. The number of allylic oxidation sites excluding steroid dienone is 9. The maximum absolute atomic E-state index is 6.14. The van der Waals surface area contributed by atoms with Crippen molar-refractivity contribution in [3.8, 4) is 11.5 Å². The summed E-state index contributed by atoms with van der Waals surface area (Å²) in [5, 5.41) is 0. The molecule has 0 saturated carbocycles. The molecule has 2 rings (SSSR count). The number of benzene rings is 1. The Bertz CT molecular complexity index is 858. The van der Waals surface area contributed by atoms with Gasteiger partial charge in [-0.2, -0.15) is 0 Å². The largest absolute Gasteiger partial charge is 0.435 e. The van der Waals surface area contributed by atoms with Gasteiger partial charge < -0.3 is 4.42 Å². The van der Waals surface area contributed by atoms with E-state index in [2.05, 4.69) is 26.7 Å². The maximum atomic E-state index is 6.14. The van der Waals surface area contributed by atoms with Crippen molar-refractivity contribution in [2.24, 2.45) is 0 Å². The third-order valence-corrected chi connectivity index (χ3v) is 3.62.